The molecule has 1 aromatic rings. The molecule has 0 amide bonds. The number of aryl methyl sites for hydroxylation is 2. The highest BCUT2D eigenvalue weighted by atomic mass is 16.5. The molecule has 0 aliphatic rings. The minimum Gasteiger partial charge on any atom is -0.493 e. The molecule has 0 bridgehead atoms. The van der Waals surface area contributed by atoms with Crippen molar-refractivity contribution in [3.05, 3.63) is 29.3 Å². The summed E-state index contributed by atoms with van der Waals surface area (Å²) in [6, 6.07) is 6.15. The summed E-state index contributed by atoms with van der Waals surface area (Å²) in [5, 5.41) is 10.0. The molecule has 1 aromatic carbocycles. The van der Waals surface area contributed by atoms with Crippen molar-refractivity contribution in [2.45, 2.75) is 45.6 Å². The first-order valence-corrected chi connectivity index (χ1v) is 6.63. The molecule has 1 rings (SSSR count). The van der Waals surface area contributed by atoms with E-state index in [1.54, 1.807) is 0 Å². The summed E-state index contributed by atoms with van der Waals surface area (Å²) in [7, 11) is 0. The van der Waals surface area contributed by atoms with E-state index in [1.165, 1.54) is 5.56 Å². The van der Waals surface area contributed by atoms with Crippen molar-refractivity contribution in [2.24, 2.45) is 5.73 Å². The molecule has 1 atom stereocenters. The Hall–Kier alpha value is -1.06. The van der Waals surface area contributed by atoms with Gasteiger partial charge in [0.1, 0.15) is 5.75 Å². The third-order valence-corrected chi connectivity index (χ3v) is 3.41. The molecule has 3 heteroatoms. The van der Waals surface area contributed by atoms with Gasteiger partial charge in [0, 0.05) is 6.54 Å². The highest BCUT2D eigenvalue weighted by Gasteiger charge is 2.21. The van der Waals surface area contributed by atoms with E-state index in [0.29, 0.717) is 26.0 Å². The SMILES string of the molecule is CCC(O)(CN)CCCOc1ccc(C)cc1C. The molecular weight excluding hydrogens is 226 g/mol. The fraction of sp³-hybridized carbons (Fsp3) is 0.600. The zero-order valence-corrected chi connectivity index (χ0v) is 11.7. The number of benzene rings is 1. The Morgan fingerprint density at radius 2 is 2.06 bits per heavy atom. The first kappa shape index (κ1) is 15.0. The van der Waals surface area contributed by atoms with Gasteiger partial charge < -0.3 is 15.6 Å². The van der Waals surface area contributed by atoms with E-state index in [9.17, 15) is 5.11 Å². The van der Waals surface area contributed by atoms with E-state index in [0.717, 1.165) is 17.7 Å². The predicted octanol–water partition coefficient (Wildman–Crippen LogP) is 2.56. The molecular formula is C15H25NO2. The van der Waals surface area contributed by atoms with Crippen LogP contribution in [0.5, 0.6) is 5.75 Å². The molecule has 0 spiro atoms. The second-order valence-corrected chi connectivity index (χ2v) is 5.00. The standard InChI is InChI=1S/C15H25NO2/c1-4-15(17,11-16)8-5-9-18-14-7-6-12(2)10-13(14)3/h6-7,10,17H,4-5,8-9,11,16H2,1-3H3. The molecule has 18 heavy (non-hydrogen) atoms. The van der Waals surface area contributed by atoms with Crippen molar-refractivity contribution >= 4 is 0 Å². The van der Waals surface area contributed by atoms with Crippen molar-refractivity contribution < 1.29 is 9.84 Å². The fourth-order valence-electron chi connectivity index (χ4n) is 1.97. The summed E-state index contributed by atoms with van der Waals surface area (Å²) in [6.45, 7) is 7.00. The minimum absolute atomic E-state index is 0.313. The maximum Gasteiger partial charge on any atom is 0.122 e. The normalized spacial score (nSPS) is 14.3. The van der Waals surface area contributed by atoms with Gasteiger partial charge in [-0.3, -0.25) is 0 Å². The second kappa shape index (κ2) is 6.76. The summed E-state index contributed by atoms with van der Waals surface area (Å²) >= 11 is 0. The molecule has 0 saturated heterocycles. The Morgan fingerprint density at radius 3 is 2.61 bits per heavy atom. The predicted molar refractivity (Wildman–Crippen MR) is 74.9 cm³/mol. The summed E-state index contributed by atoms with van der Waals surface area (Å²) in [5.74, 6) is 0.924. The molecule has 0 fully saturated rings. The average molecular weight is 251 g/mol. The number of nitrogens with two attached hydrogens (primary N) is 1. The molecule has 0 saturated carbocycles. The van der Waals surface area contributed by atoms with Crippen molar-refractivity contribution in [2.75, 3.05) is 13.2 Å². The quantitative estimate of drug-likeness (QED) is 0.732. The van der Waals surface area contributed by atoms with Gasteiger partial charge in [-0.1, -0.05) is 24.6 Å². The number of ether oxygens (including phenoxy) is 1. The lowest BCUT2D eigenvalue weighted by Crippen LogP contribution is -2.37. The lowest BCUT2D eigenvalue weighted by molar-refractivity contribution is 0.0308. The number of rotatable bonds is 7. The van der Waals surface area contributed by atoms with Crippen LogP contribution in [0, 0.1) is 13.8 Å². The summed E-state index contributed by atoms with van der Waals surface area (Å²) in [6.07, 6.45) is 2.19. The molecule has 0 aliphatic heterocycles. The van der Waals surface area contributed by atoms with E-state index in [-0.39, 0.29) is 0 Å². The third kappa shape index (κ3) is 4.31. The van der Waals surface area contributed by atoms with E-state index in [2.05, 4.69) is 13.0 Å². The Morgan fingerprint density at radius 1 is 1.33 bits per heavy atom. The Kier molecular flexibility index (Phi) is 5.63. The van der Waals surface area contributed by atoms with Crippen LogP contribution in [0.1, 0.15) is 37.3 Å². The van der Waals surface area contributed by atoms with Crippen LogP contribution in [-0.4, -0.2) is 23.9 Å². The lowest BCUT2D eigenvalue weighted by atomic mass is 9.95. The Balaban J connectivity index is 2.38. The number of aliphatic hydroxyl groups is 1. The highest BCUT2D eigenvalue weighted by molar-refractivity contribution is 5.35. The van der Waals surface area contributed by atoms with E-state index in [1.807, 2.05) is 26.0 Å². The average Bonchev–Trinajstić information content (AvgIpc) is 2.36. The van der Waals surface area contributed by atoms with Gasteiger partial charge in [0.05, 0.1) is 12.2 Å². The van der Waals surface area contributed by atoms with Gasteiger partial charge >= 0.3 is 0 Å². The van der Waals surface area contributed by atoms with Gasteiger partial charge in [-0.05, 0) is 44.7 Å². The summed E-state index contributed by atoms with van der Waals surface area (Å²) < 4.78 is 5.72. The van der Waals surface area contributed by atoms with Gasteiger partial charge in [0.2, 0.25) is 0 Å². The van der Waals surface area contributed by atoms with Crippen molar-refractivity contribution in [1.82, 2.24) is 0 Å². The molecule has 3 nitrogen and oxygen atoms in total. The molecule has 0 radical (unpaired) electrons. The summed E-state index contributed by atoms with van der Waals surface area (Å²) in [4.78, 5) is 0. The monoisotopic (exact) mass is 251 g/mol. The molecule has 0 aromatic heterocycles. The van der Waals surface area contributed by atoms with Crippen LogP contribution in [0.4, 0.5) is 0 Å². The van der Waals surface area contributed by atoms with E-state index < -0.39 is 5.60 Å². The maximum absolute atomic E-state index is 10.0. The lowest BCUT2D eigenvalue weighted by Gasteiger charge is -2.24. The van der Waals surface area contributed by atoms with Crippen LogP contribution >= 0.6 is 0 Å². The van der Waals surface area contributed by atoms with Gasteiger partial charge in [0.25, 0.3) is 0 Å². The third-order valence-electron chi connectivity index (χ3n) is 3.41. The zero-order valence-electron chi connectivity index (χ0n) is 11.7. The van der Waals surface area contributed by atoms with Crippen LogP contribution in [0.3, 0.4) is 0 Å². The minimum atomic E-state index is -0.730. The van der Waals surface area contributed by atoms with Gasteiger partial charge in [-0.2, -0.15) is 0 Å². The number of hydrogen-bond acceptors (Lipinski definition) is 3. The van der Waals surface area contributed by atoms with Crippen LogP contribution in [0.2, 0.25) is 0 Å². The molecule has 0 heterocycles. The molecule has 1 unspecified atom stereocenters. The van der Waals surface area contributed by atoms with Crippen LogP contribution in [0.25, 0.3) is 0 Å². The number of hydrogen-bond donors (Lipinski definition) is 2. The Labute approximate surface area is 110 Å². The first-order chi connectivity index (χ1) is 8.50. The van der Waals surface area contributed by atoms with Crippen molar-refractivity contribution in [1.29, 1.82) is 0 Å². The Bertz CT molecular complexity index is 373. The van der Waals surface area contributed by atoms with Crippen molar-refractivity contribution in [3.8, 4) is 5.75 Å². The molecule has 0 aliphatic carbocycles. The van der Waals surface area contributed by atoms with Crippen LogP contribution in [-0.2, 0) is 0 Å². The van der Waals surface area contributed by atoms with E-state index in [4.69, 9.17) is 10.5 Å². The van der Waals surface area contributed by atoms with Gasteiger partial charge in [-0.25, -0.2) is 0 Å². The van der Waals surface area contributed by atoms with Crippen LogP contribution < -0.4 is 10.5 Å². The zero-order chi connectivity index (χ0) is 13.6. The van der Waals surface area contributed by atoms with Gasteiger partial charge in [-0.15, -0.1) is 0 Å². The largest absolute Gasteiger partial charge is 0.493 e. The van der Waals surface area contributed by atoms with Crippen molar-refractivity contribution in [3.63, 3.8) is 0 Å². The molecule has 3 N–H and O–H groups in total. The van der Waals surface area contributed by atoms with E-state index >= 15 is 0 Å². The molecule has 102 valence electrons. The fourth-order valence-corrected chi connectivity index (χ4v) is 1.97. The topological polar surface area (TPSA) is 55.5 Å². The van der Waals surface area contributed by atoms with Gasteiger partial charge in [0.15, 0.2) is 0 Å². The second-order valence-electron chi connectivity index (χ2n) is 5.00. The first-order valence-electron chi connectivity index (χ1n) is 6.63. The summed E-state index contributed by atoms with van der Waals surface area (Å²) in [5.41, 5.74) is 7.22. The maximum atomic E-state index is 10.0. The highest BCUT2D eigenvalue weighted by Crippen LogP contribution is 2.20. The smallest absolute Gasteiger partial charge is 0.122 e. The van der Waals surface area contributed by atoms with Crippen LogP contribution in [0.15, 0.2) is 18.2 Å².